The molecular weight excluding hydrogens is 264 g/mol. The lowest BCUT2D eigenvalue weighted by molar-refractivity contribution is 0.103. The Labute approximate surface area is 94.7 Å². The van der Waals surface area contributed by atoms with Crippen LogP contribution in [0.1, 0.15) is 21.7 Å². The third-order valence-electron chi connectivity index (χ3n) is 2.09. The maximum atomic E-state index is 11.9. The standard InChI is InChI=1S/C10H9BrO2S/c1-6-4-8(14-10(6)11)9(12)7-2-3-13-5-7/h4-5H,2-3H2,1H3. The van der Waals surface area contributed by atoms with Crippen molar-refractivity contribution in [1.82, 2.24) is 0 Å². The van der Waals surface area contributed by atoms with Crippen molar-refractivity contribution < 1.29 is 9.53 Å². The smallest absolute Gasteiger partial charge is 0.202 e. The van der Waals surface area contributed by atoms with Crippen molar-refractivity contribution in [2.24, 2.45) is 0 Å². The minimum absolute atomic E-state index is 0.0984. The quantitative estimate of drug-likeness (QED) is 0.773. The molecule has 0 fully saturated rings. The molecule has 0 bridgehead atoms. The molecule has 0 unspecified atom stereocenters. The summed E-state index contributed by atoms with van der Waals surface area (Å²) in [5.41, 5.74) is 1.89. The van der Waals surface area contributed by atoms with Crippen LogP contribution in [0.25, 0.3) is 0 Å². The van der Waals surface area contributed by atoms with E-state index in [1.165, 1.54) is 11.3 Å². The van der Waals surface area contributed by atoms with E-state index in [9.17, 15) is 4.79 Å². The predicted octanol–water partition coefficient (Wildman–Crippen LogP) is 3.31. The second-order valence-electron chi connectivity index (χ2n) is 3.16. The summed E-state index contributed by atoms with van der Waals surface area (Å²) in [5.74, 6) is 0.0984. The van der Waals surface area contributed by atoms with Gasteiger partial charge in [0.2, 0.25) is 5.78 Å². The van der Waals surface area contributed by atoms with Crippen LogP contribution in [0.15, 0.2) is 21.7 Å². The van der Waals surface area contributed by atoms with Crippen molar-refractivity contribution in [3.05, 3.63) is 32.1 Å². The largest absolute Gasteiger partial charge is 0.500 e. The molecule has 74 valence electrons. The van der Waals surface area contributed by atoms with Gasteiger partial charge in [0.15, 0.2) is 0 Å². The Bertz CT molecular complexity index is 387. The highest BCUT2D eigenvalue weighted by Gasteiger charge is 2.18. The number of ether oxygens (including phenoxy) is 1. The van der Waals surface area contributed by atoms with Crippen LogP contribution in [0.4, 0.5) is 0 Å². The Morgan fingerprint density at radius 1 is 1.64 bits per heavy atom. The molecule has 1 aliphatic rings. The van der Waals surface area contributed by atoms with Crippen LogP contribution < -0.4 is 0 Å². The average molecular weight is 273 g/mol. The van der Waals surface area contributed by atoms with E-state index in [1.807, 2.05) is 13.0 Å². The second kappa shape index (κ2) is 3.87. The van der Waals surface area contributed by atoms with E-state index in [-0.39, 0.29) is 5.78 Å². The third-order valence-corrected chi connectivity index (χ3v) is 4.22. The molecular formula is C10H9BrO2S. The predicted molar refractivity (Wildman–Crippen MR) is 59.7 cm³/mol. The Hall–Kier alpha value is -0.610. The van der Waals surface area contributed by atoms with E-state index < -0.39 is 0 Å². The van der Waals surface area contributed by atoms with Crippen molar-refractivity contribution in [3.63, 3.8) is 0 Å². The molecule has 14 heavy (non-hydrogen) atoms. The van der Waals surface area contributed by atoms with Crippen LogP contribution in [0, 0.1) is 6.92 Å². The summed E-state index contributed by atoms with van der Waals surface area (Å²) < 4.78 is 6.07. The lowest BCUT2D eigenvalue weighted by Crippen LogP contribution is -1.98. The highest BCUT2D eigenvalue weighted by Crippen LogP contribution is 2.30. The van der Waals surface area contributed by atoms with Gasteiger partial charge in [0.25, 0.3) is 0 Å². The lowest BCUT2D eigenvalue weighted by Gasteiger charge is -1.93. The zero-order valence-electron chi connectivity index (χ0n) is 7.67. The molecule has 4 heteroatoms. The van der Waals surface area contributed by atoms with Gasteiger partial charge in [0.1, 0.15) is 0 Å². The highest BCUT2D eigenvalue weighted by atomic mass is 79.9. The van der Waals surface area contributed by atoms with Crippen LogP contribution in [-0.4, -0.2) is 12.4 Å². The number of carbonyl (C=O) groups excluding carboxylic acids is 1. The number of aryl methyl sites for hydroxylation is 1. The number of Topliss-reactive ketones (excluding diaryl/α,β-unsaturated/α-hetero) is 1. The fourth-order valence-corrected chi connectivity index (χ4v) is 2.79. The minimum Gasteiger partial charge on any atom is -0.500 e. The fraction of sp³-hybridized carbons (Fsp3) is 0.300. The topological polar surface area (TPSA) is 26.3 Å². The first-order chi connectivity index (χ1) is 6.68. The Balaban J connectivity index is 2.26. The summed E-state index contributed by atoms with van der Waals surface area (Å²) in [4.78, 5) is 12.6. The number of carbonyl (C=O) groups is 1. The Morgan fingerprint density at radius 3 is 2.93 bits per heavy atom. The number of rotatable bonds is 2. The normalized spacial score (nSPS) is 15.1. The first-order valence-corrected chi connectivity index (χ1v) is 5.90. The summed E-state index contributed by atoms with van der Waals surface area (Å²) >= 11 is 4.89. The number of ketones is 1. The molecule has 0 saturated heterocycles. The van der Waals surface area contributed by atoms with Crippen LogP contribution in [0.3, 0.4) is 0 Å². The molecule has 0 N–H and O–H groups in total. The van der Waals surface area contributed by atoms with Crippen molar-refractivity contribution in [1.29, 1.82) is 0 Å². The maximum Gasteiger partial charge on any atom is 0.202 e. The van der Waals surface area contributed by atoms with Gasteiger partial charge >= 0.3 is 0 Å². The Morgan fingerprint density at radius 2 is 2.43 bits per heavy atom. The molecule has 0 amide bonds. The number of hydrogen-bond donors (Lipinski definition) is 0. The van der Waals surface area contributed by atoms with Gasteiger partial charge in [-0.1, -0.05) is 0 Å². The van der Waals surface area contributed by atoms with Crippen LogP contribution in [-0.2, 0) is 4.74 Å². The highest BCUT2D eigenvalue weighted by molar-refractivity contribution is 9.11. The van der Waals surface area contributed by atoms with Gasteiger partial charge in [-0.15, -0.1) is 11.3 Å². The molecule has 0 atom stereocenters. The summed E-state index contributed by atoms with van der Waals surface area (Å²) in [6.07, 6.45) is 2.30. The lowest BCUT2D eigenvalue weighted by atomic mass is 10.1. The SMILES string of the molecule is Cc1cc(C(=O)C2=COCC2)sc1Br. The molecule has 0 radical (unpaired) electrons. The van der Waals surface area contributed by atoms with Gasteiger partial charge in [0.05, 0.1) is 21.5 Å². The maximum absolute atomic E-state index is 11.9. The molecule has 2 nitrogen and oxygen atoms in total. The van der Waals surface area contributed by atoms with Crippen molar-refractivity contribution in [3.8, 4) is 0 Å². The van der Waals surface area contributed by atoms with E-state index in [0.717, 1.165) is 26.2 Å². The molecule has 1 aliphatic heterocycles. The summed E-state index contributed by atoms with van der Waals surface area (Å²) in [6.45, 7) is 2.61. The molecule has 0 saturated carbocycles. The van der Waals surface area contributed by atoms with Gasteiger partial charge in [-0.05, 0) is 34.5 Å². The molecule has 1 aromatic rings. The average Bonchev–Trinajstić information content (AvgIpc) is 2.76. The zero-order chi connectivity index (χ0) is 10.1. The molecule has 0 spiro atoms. The number of hydrogen-bond acceptors (Lipinski definition) is 3. The number of halogens is 1. The van der Waals surface area contributed by atoms with E-state index in [1.54, 1.807) is 6.26 Å². The fourth-order valence-electron chi connectivity index (χ4n) is 1.28. The molecule has 1 aromatic heterocycles. The van der Waals surface area contributed by atoms with Crippen LogP contribution in [0.5, 0.6) is 0 Å². The Kier molecular flexibility index (Phi) is 2.74. The summed E-state index contributed by atoms with van der Waals surface area (Å²) in [5, 5.41) is 0. The van der Waals surface area contributed by atoms with E-state index >= 15 is 0 Å². The van der Waals surface area contributed by atoms with Gasteiger partial charge in [-0.3, -0.25) is 4.79 Å². The first kappa shape index (κ1) is 9.93. The van der Waals surface area contributed by atoms with E-state index in [0.29, 0.717) is 6.61 Å². The third kappa shape index (κ3) is 1.77. The number of thiophene rings is 1. The van der Waals surface area contributed by atoms with E-state index in [4.69, 9.17) is 4.74 Å². The van der Waals surface area contributed by atoms with Gasteiger partial charge in [0, 0.05) is 12.0 Å². The molecule has 2 rings (SSSR count). The van der Waals surface area contributed by atoms with Crippen molar-refractivity contribution >= 4 is 33.0 Å². The zero-order valence-corrected chi connectivity index (χ0v) is 10.1. The van der Waals surface area contributed by atoms with Gasteiger partial charge < -0.3 is 4.74 Å². The first-order valence-electron chi connectivity index (χ1n) is 4.30. The molecule has 2 heterocycles. The van der Waals surface area contributed by atoms with Gasteiger partial charge in [-0.2, -0.15) is 0 Å². The van der Waals surface area contributed by atoms with Crippen LogP contribution >= 0.6 is 27.3 Å². The van der Waals surface area contributed by atoms with Crippen molar-refractivity contribution in [2.75, 3.05) is 6.61 Å². The molecule has 0 aromatic carbocycles. The minimum atomic E-state index is 0.0984. The second-order valence-corrected chi connectivity index (χ2v) is 5.53. The van der Waals surface area contributed by atoms with Gasteiger partial charge in [-0.25, -0.2) is 0 Å². The van der Waals surface area contributed by atoms with E-state index in [2.05, 4.69) is 15.9 Å². The summed E-state index contributed by atoms with van der Waals surface area (Å²) in [6, 6.07) is 1.91. The van der Waals surface area contributed by atoms with Crippen molar-refractivity contribution in [2.45, 2.75) is 13.3 Å². The summed E-state index contributed by atoms with van der Waals surface area (Å²) in [7, 11) is 0. The van der Waals surface area contributed by atoms with Crippen LogP contribution in [0.2, 0.25) is 0 Å². The monoisotopic (exact) mass is 272 g/mol. The molecule has 0 aliphatic carbocycles.